The van der Waals surface area contributed by atoms with Gasteiger partial charge in [-0.2, -0.15) is 0 Å². The zero-order valence-corrected chi connectivity index (χ0v) is 28.0. The standard InChI is InChI=1S/C35H37Cl2N3O4S/c1-24(2)38-35(42)33(20-27-11-7-5-8-12-27)39(22-28-15-16-29(36)21-32(28)37)34(41)23-40(30-18-25(3)17-26(4)19-30)45(43,44)31-13-9-6-10-14-31/h5-19,21,24,33H,20,22-23H2,1-4H3,(H,38,42). The van der Waals surface area contributed by atoms with Gasteiger partial charge in [0.2, 0.25) is 11.8 Å². The van der Waals surface area contributed by atoms with Crippen molar-refractivity contribution in [3.05, 3.63) is 129 Å². The molecule has 4 rings (SSSR count). The van der Waals surface area contributed by atoms with E-state index in [0.29, 0.717) is 21.3 Å². The Labute approximate surface area is 275 Å². The van der Waals surface area contributed by atoms with Gasteiger partial charge in [-0.05, 0) is 86.3 Å². The first-order valence-electron chi connectivity index (χ1n) is 14.6. The lowest BCUT2D eigenvalue weighted by Gasteiger charge is -2.34. The normalized spacial score (nSPS) is 12.1. The van der Waals surface area contributed by atoms with Gasteiger partial charge >= 0.3 is 0 Å². The Kier molecular flexibility index (Phi) is 11.3. The lowest BCUT2D eigenvalue weighted by Crippen LogP contribution is -2.54. The maximum atomic E-state index is 14.5. The highest BCUT2D eigenvalue weighted by Crippen LogP contribution is 2.28. The van der Waals surface area contributed by atoms with E-state index in [9.17, 15) is 18.0 Å². The van der Waals surface area contributed by atoms with Crippen LogP contribution in [0.5, 0.6) is 0 Å². The highest BCUT2D eigenvalue weighted by atomic mass is 35.5. The first kappa shape index (κ1) is 34.0. The Hall–Kier alpha value is -3.85. The summed E-state index contributed by atoms with van der Waals surface area (Å²) in [5.74, 6) is -0.935. The van der Waals surface area contributed by atoms with Crippen LogP contribution in [0.25, 0.3) is 0 Å². The minimum Gasteiger partial charge on any atom is -0.352 e. The minimum absolute atomic E-state index is 0.0441. The van der Waals surface area contributed by atoms with Gasteiger partial charge in [-0.25, -0.2) is 8.42 Å². The average molecular weight is 667 g/mol. The Bertz CT molecular complexity index is 1730. The smallest absolute Gasteiger partial charge is 0.264 e. The van der Waals surface area contributed by atoms with Crippen molar-refractivity contribution in [2.24, 2.45) is 0 Å². The topological polar surface area (TPSA) is 86.8 Å². The Morgan fingerprint density at radius 2 is 1.42 bits per heavy atom. The fraction of sp³-hybridized carbons (Fsp3) is 0.257. The van der Waals surface area contributed by atoms with Crippen LogP contribution in [0.3, 0.4) is 0 Å². The summed E-state index contributed by atoms with van der Waals surface area (Å²) in [5, 5.41) is 3.70. The molecular weight excluding hydrogens is 629 g/mol. The second kappa shape index (κ2) is 15.0. The summed E-state index contributed by atoms with van der Waals surface area (Å²) >= 11 is 12.7. The quantitative estimate of drug-likeness (QED) is 0.177. The molecule has 2 amide bonds. The number of hydrogen-bond donors (Lipinski definition) is 1. The largest absolute Gasteiger partial charge is 0.352 e. The van der Waals surface area contributed by atoms with Crippen molar-refractivity contribution >= 4 is 50.7 Å². The fourth-order valence-electron chi connectivity index (χ4n) is 5.11. The van der Waals surface area contributed by atoms with Crippen molar-refractivity contribution in [3.8, 4) is 0 Å². The molecule has 0 spiro atoms. The van der Waals surface area contributed by atoms with Crippen molar-refractivity contribution in [1.82, 2.24) is 10.2 Å². The Balaban J connectivity index is 1.84. The second-order valence-electron chi connectivity index (χ2n) is 11.3. The molecule has 0 saturated heterocycles. The summed E-state index contributed by atoms with van der Waals surface area (Å²) in [6.45, 7) is 6.82. The van der Waals surface area contributed by atoms with Gasteiger partial charge in [0.05, 0.1) is 10.6 Å². The lowest BCUT2D eigenvalue weighted by atomic mass is 10.0. The molecule has 1 unspecified atom stereocenters. The third kappa shape index (κ3) is 8.87. The molecule has 4 aromatic carbocycles. The molecule has 0 fully saturated rings. The van der Waals surface area contributed by atoms with Crippen LogP contribution in [-0.2, 0) is 32.6 Å². The van der Waals surface area contributed by atoms with E-state index in [-0.39, 0.29) is 29.8 Å². The van der Waals surface area contributed by atoms with Crippen molar-refractivity contribution in [2.45, 2.75) is 57.6 Å². The number of hydrogen-bond acceptors (Lipinski definition) is 4. The number of amides is 2. The molecule has 0 heterocycles. The third-order valence-corrected chi connectivity index (χ3v) is 9.54. The van der Waals surface area contributed by atoms with E-state index in [0.717, 1.165) is 21.0 Å². The molecule has 4 aromatic rings. The monoisotopic (exact) mass is 665 g/mol. The SMILES string of the molecule is Cc1cc(C)cc(N(CC(=O)N(Cc2ccc(Cl)cc2Cl)C(Cc2ccccc2)C(=O)NC(C)C)S(=O)(=O)c2ccccc2)c1. The van der Waals surface area contributed by atoms with Gasteiger partial charge in [0, 0.05) is 29.1 Å². The van der Waals surface area contributed by atoms with Crippen LogP contribution in [0.15, 0.2) is 102 Å². The van der Waals surface area contributed by atoms with E-state index in [1.54, 1.807) is 48.5 Å². The molecule has 0 aliphatic heterocycles. The lowest BCUT2D eigenvalue weighted by molar-refractivity contribution is -0.140. The number of nitrogens with zero attached hydrogens (tertiary/aromatic N) is 2. The number of halogens is 2. The van der Waals surface area contributed by atoms with Gasteiger partial charge in [-0.15, -0.1) is 0 Å². The molecule has 0 aromatic heterocycles. The molecular formula is C35H37Cl2N3O4S. The molecule has 0 saturated carbocycles. The van der Waals surface area contributed by atoms with Crippen molar-refractivity contribution in [1.29, 1.82) is 0 Å². The van der Waals surface area contributed by atoms with Gasteiger partial charge in [0.1, 0.15) is 12.6 Å². The number of anilines is 1. The van der Waals surface area contributed by atoms with Gasteiger partial charge in [0.15, 0.2) is 0 Å². The maximum absolute atomic E-state index is 14.5. The van der Waals surface area contributed by atoms with Crippen molar-refractivity contribution in [3.63, 3.8) is 0 Å². The number of sulfonamides is 1. The van der Waals surface area contributed by atoms with E-state index in [2.05, 4.69) is 5.32 Å². The Morgan fingerprint density at radius 1 is 0.822 bits per heavy atom. The van der Waals surface area contributed by atoms with Gasteiger partial charge in [-0.3, -0.25) is 13.9 Å². The van der Waals surface area contributed by atoms with E-state index < -0.39 is 28.5 Å². The van der Waals surface area contributed by atoms with Crippen LogP contribution < -0.4 is 9.62 Å². The molecule has 45 heavy (non-hydrogen) atoms. The molecule has 0 aliphatic rings. The number of rotatable bonds is 12. The predicted octanol–water partition coefficient (Wildman–Crippen LogP) is 6.97. The maximum Gasteiger partial charge on any atom is 0.264 e. The Morgan fingerprint density at radius 3 is 2.00 bits per heavy atom. The van der Waals surface area contributed by atoms with Crippen LogP contribution in [0, 0.1) is 13.8 Å². The van der Waals surface area contributed by atoms with Crippen LogP contribution in [0.2, 0.25) is 10.0 Å². The van der Waals surface area contributed by atoms with Crippen LogP contribution in [0.1, 0.15) is 36.1 Å². The third-order valence-electron chi connectivity index (χ3n) is 7.16. The minimum atomic E-state index is -4.18. The molecule has 7 nitrogen and oxygen atoms in total. The molecule has 0 aliphatic carbocycles. The number of nitrogens with one attached hydrogen (secondary N) is 1. The summed E-state index contributed by atoms with van der Waals surface area (Å²) in [5.41, 5.74) is 3.43. The first-order chi connectivity index (χ1) is 21.3. The average Bonchev–Trinajstić information content (AvgIpc) is 2.98. The van der Waals surface area contributed by atoms with Crippen molar-refractivity contribution < 1.29 is 18.0 Å². The van der Waals surface area contributed by atoms with Gasteiger partial charge in [0.25, 0.3) is 10.0 Å². The van der Waals surface area contributed by atoms with Crippen LogP contribution >= 0.6 is 23.2 Å². The number of carbonyl (C=O) groups excluding carboxylic acids is 2. The van der Waals surface area contributed by atoms with E-state index >= 15 is 0 Å². The van der Waals surface area contributed by atoms with Crippen LogP contribution in [-0.4, -0.2) is 43.8 Å². The molecule has 1 atom stereocenters. The number of benzene rings is 4. The van der Waals surface area contributed by atoms with Gasteiger partial charge in [-0.1, -0.05) is 83.9 Å². The number of aryl methyl sites for hydroxylation is 2. The zero-order chi connectivity index (χ0) is 32.7. The van der Waals surface area contributed by atoms with Gasteiger partial charge < -0.3 is 10.2 Å². The van der Waals surface area contributed by atoms with Crippen LogP contribution in [0.4, 0.5) is 5.69 Å². The molecule has 10 heteroatoms. The summed E-state index contributed by atoms with van der Waals surface area (Å²) in [4.78, 5) is 29.8. The van der Waals surface area contributed by atoms with Crippen molar-refractivity contribution in [2.75, 3.05) is 10.8 Å². The second-order valence-corrected chi connectivity index (χ2v) is 14.0. The molecule has 0 bridgehead atoms. The summed E-state index contributed by atoms with van der Waals surface area (Å²) in [6.07, 6.45) is 0.200. The highest BCUT2D eigenvalue weighted by Gasteiger charge is 2.35. The van der Waals surface area contributed by atoms with E-state index in [1.807, 2.05) is 64.1 Å². The molecule has 236 valence electrons. The van der Waals surface area contributed by atoms with E-state index in [1.165, 1.54) is 17.0 Å². The first-order valence-corrected chi connectivity index (χ1v) is 16.8. The highest BCUT2D eigenvalue weighted by molar-refractivity contribution is 7.92. The number of carbonyl (C=O) groups is 2. The molecule has 0 radical (unpaired) electrons. The summed E-state index contributed by atoms with van der Waals surface area (Å²) < 4.78 is 29.4. The molecule has 1 N–H and O–H groups in total. The summed E-state index contributed by atoms with van der Waals surface area (Å²) in [7, 11) is -4.18. The van der Waals surface area contributed by atoms with E-state index in [4.69, 9.17) is 23.2 Å². The summed E-state index contributed by atoms with van der Waals surface area (Å²) in [6, 6.07) is 26.5. The predicted molar refractivity (Wildman–Crippen MR) is 181 cm³/mol. The zero-order valence-electron chi connectivity index (χ0n) is 25.7. The fourth-order valence-corrected chi connectivity index (χ4v) is 7.00.